The molecule has 0 aromatic heterocycles. The molecule has 2 aromatic rings. The van der Waals surface area contributed by atoms with E-state index in [-0.39, 0.29) is 22.1 Å². The van der Waals surface area contributed by atoms with Crippen molar-refractivity contribution in [1.82, 2.24) is 4.90 Å². The number of hydrogen-bond acceptors (Lipinski definition) is 7. The van der Waals surface area contributed by atoms with Crippen molar-refractivity contribution in [3.8, 4) is 5.75 Å². The summed E-state index contributed by atoms with van der Waals surface area (Å²) in [4.78, 5) is 26.1. The van der Waals surface area contributed by atoms with Gasteiger partial charge in [-0.25, -0.2) is 4.79 Å². The Balaban J connectivity index is 1.56. The molecule has 0 aliphatic carbocycles. The van der Waals surface area contributed by atoms with E-state index in [2.05, 4.69) is 0 Å². The smallest absolute Gasteiger partial charge is 0.361 e. The Labute approximate surface area is 208 Å². The largest absolute Gasteiger partial charge is 0.448 e. The summed E-state index contributed by atoms with van der Waals surface area (Å²) < 4.78 is 10.7. The molecule has 2 aliphatic rings. The molecule has 1 saturated heterocycles. The van der Waals surface area contributed by atoms with Crippen LogP contribution in [0.5, 0.6) is 5.75 Å². The standard InChI is InChI=1S/C21H14Cl3NO5S2/c1-9(26)29-20(28)18-21(32-17-8-16(27)25(17)18)30-11-4-2-10(3-5-11)19(31)12-6-14(23)15(24)7-13(12)22/h2-7,9,17,26H,8H2,1H3/t9-,17-/m1/s1. The maximum absolute atomic E-state index is 12.4. The average molecular weight is 531 g/mol. The minimum Gasteiger partial charge on any atom is -0.448 e. The van der Waals surface area contributed by atoms with Crippen molar-refractivity contribution in [1.29, 1.82) is 0 Å². The van der Waals surface area contributed by atoms with Gasteiger partial charge in [-0.05, 0) is 48.9 Å². The molecule has 0 spiro atoms. The summed E-state index contributed by atoms with van der Waals surface area (Å²) in [5.74, 6) is -0.612. The fourth-order valence-electron chi connectivity index (χ4n) is 3.13. The first kappa shape index (κ1) is 23.4. The molecule has 0 saturated carbocycles. The Bertz CT molecular complexity index is 1170. The lowest BCUT2D eigenvalue weighted by atomic mass is 10.0. The molecule has 4 rings (SSSR count). The zero-order valence-electron chi connectivity index (χ0n) is 16.3. The summed E-state index contributed by atoms with van der Waals surface area (Å²) in [5.41, 5.74) is 1.26. The van der Waals surface area contributed by atoms with Gasteiger partial charge in [0.15, 0.2) is 17.1 Å². The zero-order valence-corrected chi connectivity index (χ0v) is 20.2. The van der Waals surface area contributed by atoms with Gasteiger partial charge >= 0.3 is 5.97 Å². The van der Waals surface area contributed by atoms with Crippen LogP contribution in [0.25, 0.3) is 0 Å². The van der Waals surface area contributed by atoms with E-state index in [1.807, 2.05) is 0 Å². The SMILES string of the molecule is C[C@H](O)OC(=O)C1=C(Oc2ccc(C(=S)c3cc(Cl)c(Cl)cc3Cl)cc2)S[C@@H]2CC(=O)N12. The van der Waals surface area contributed by atoms with Gasteiger partial charge in [0, 0.05) is 5.56 Å². The lowest BCUT2D eigenvalue weighted by Crippen LogP contribution is -2.48. The van der Waals surface area contributed by atoms with Crippen LogP contribution in [-0.4, -0.2) is 38.4 Å². The first-order chi connectivity index (χ1) is 15.2. The van der Waals surface area contributed by atoms with Gasteiger partial charge in [0.2, 0.25) is 5.91 Å². The fraction of sp³-hybridized carbons (Fsp3) is 0.190. The summed E-state index contributed by atoms with van der Waals surface area (Å²) in [6.07, 6.45) is -1.02. The van der Waals surface area contributed by atoms with E-state index in [1.54, 1.807) is 30.3 Å². The minimum absolute atomic E-state index is 0.0145. The molecule has 166 valence electrons. The summed E-state index contributed by atoms with van der Waals surface area (Å²) in [6.45, 7) is 1.30. The van der Waals surface area contributed by atoms with Crippen LogP contribution in [0.1, 0.15) is 24.5 Å². The Hall–Kier alpha value is -1.81. The second-order valence-electron chi connectivity index (χ2n) is 6.88. The number of nitrogens with zero attached hydrogens (tertiary/aromatic N) is 1. The molecular weight excluding hydrogens is 517 g/mol. The molecule has 2 heterocycles. The number of carbonyl (C=O) groups excluding carboxylic acids is 2. The van der Waals surface area contributed by atoms with Crippen LogP contribution in [0.15, 0.2) is 47.2 Å². The molecule has 1 N–H and O–H groups in total. The summed E-state index contributed by atoms with van der Waals surface area (Å²) >= 11 is 25.1. The molecule has 11 heteroatoms. The molecule has 2 atom stereocenters. The molecule has 6 nitrogen and oxygen atoms in total. The van der Waals surface area contributed by atoms with Crippen molar-refractivity contribution in [2.24, 2.45) is 0 Å². The third-order valence-electron chi connectivity index (χ3n) is 4.64. The van der Waals surface area contributed by atoms with Gasteiger partial charge < -0.3 is 14.6 Å². The first-order valence-electron chi connectivity index (χ1n) is 9.25. The van der Waals surface area contributed by atoms with Crippen LogP contribution in [-0.2, 0) is 14.3 Å². The predicted molar refractivity (Wildman–Crippen MR) is 127 cm³/mol. The maximum Gasteiger partial charge on any atom is 0.361 e. The molecule has 0 radical (unpaired) electrons. The van der Waals surface area contributed by atoms with Crippen LogP contribution in [0.2, 0.25) is 15.1 Å². The average Bonchev–Trinajstić information content (AvgIpc) is 3.02. The highest BCUT2D eigenvalue weighted by atomic mass is 35.5. The van der Waals surface area contributed by atoms with E-state index < -0.39 is 12.3 Å². The van der Waals surface area contributed by atoms with Crippen molar-refractivity contribution in [3.63, 3.8) is 0 Å². The van der Waals surface area contributed by atoms with E-state index >= 15 is 0 Å². The van der Waals surface area contributed by atoms with E-state index in [9.17, 15) is 14.7 Å². The Kier molecular flexibility index (Phi) is 6.72. The van der Waals surface area contributed by atoms with Crippen LogP contribution < -0.4 is 4.74 Å². The second kappa shape index (κ2) is 9.21. The van der Waals surface area contributed by atoms with E-state index in [4.69, 9.17) is 56.5 Å². The molecule has 2 aliphatic heterocycles. The van der Waals surface area contributed by atoms with Gasteiger partial charge in [-0.3, -0.25) is 9.69 Å². The molecule has 0 unspecified atom stereocenters. The van der Waals surface area contributed by atoms with Crippen molar-refractivity contribution >= 4 is 75.5 Å². The van der Waals surface area contributed by atoms with Crippen molar-refractivity contribution < 1.29 is 24.2 Å². The Morgan fingerprint density at radius 1 is 1.19 bits per heavy atom. The number of thiocarbonyl (C=S) groups is 1. The van der Waals surface area contributed by atoms with Crippen LogP contribution >= 0.6 is 58.8 Å². The van der Waals surface area contributed by atoms with Gasteiger partial charge in [-0.15, -0.1) is 0 Å². The number of aliphatic hydroxyl groups is 1. The number of rotatable bonds is 6. The van der Waals surface area contributed by atoms with Crippen LogP contribution in [0.3, 0.4) is 0 Å². The second-order valence-corrected chi connectivity index (χ2v) is 9.66. The van der Waals surface area contributed by atoms with Gasteiger partial charge in [0.1, 0.15) is 5.75 Å². The molecule has 1 fully saturated rings. The molecule has 2 aromatic carbocycles. The van der Waals surface area contributed by atoms with Crippen LogP contribution in [0.4, 0.5) is 0 Å². The fourth-order valence-corrected chi connectivity index (χ4v) is 5.37. The number of aliphatic hydroxyl groups excluding tert-OH is 1. The summed E-state index contributed by atoms with van der Waals surface area (Å²) in [5, 5.41) is 10.4. The zero-order chi connectivity index (χ0) is 23.2. The number of hydrogen-bond donors (Lipinski definition) is 1. The number of ether oxygens (including phenoxy) is 2. The number of carbonyl (C=O) groups is 2. The number of thioether (sulfide) groups is 1. The van der Waals surface area contributed by atoms with Gasteiger partial charge in [-0.1, -0.05) is 58.8 Å². The van der Waals surface area contributed by atoms with Crippen LogP contribution in [0, 0.1) is 0 Å². The van der Waals surface area contributed by atoms with Gasteiger partial charge in [0.25, 0.3) is 0 Å². The van der Waals surface area contributed by atoms with Crippen molar-refractivity contribution in [2.75, 3.05) is 0 Å². The lowest BCUT2D eigenvalue weighted by Gasteiger charge is -2.33. The maximum atomic E-state index is 12.4. The topological polar surface area (TPSA) is 76.1 Å². The number of halogens is 3. The number of benzene rings is 2. The monoisotopic (exact) mass is 529 g/mol. The molecule has 32 heavy (non-hydrogen) atoms. The quantitative estimate of drug-likeness (QED) is 0.138. The van der Waals surface area contributed by atoms with Crippen molar-refractivity contribution in [3.05, 3.63) is 73.4 Å². The summed E-state index contributed by atoms with van der Waals surface area (Å²) in [7, 11) is 0. The normalized spacial score (nSPS) is 18.2. The highest BCUT2D eigenvalue weighted by molar-refractivity contribution is 8.03. The molecular formula is C21H14Cl3NO5S2. The highest BCUT2D eigenvalue weighted by Gasteiger charge is 2.50. The lowest BCUT2D eigenvalue weighted by molar-refractivity contribution is -0.165. The van der Waals surface area contributed by atoms with E-state index in [0.717, 1.165) is 0 Å². The molecule has 1 amide bonds. The molecule has 0 bridgehead atoms. The Morgan fingerprint density at radius 3 is 2.47 bits per heavy atom. The van der Waals surface area contributed by atoms with Crippen molar-refractivity contribution in [2.45, 2.75) is 25.0 Å². The highest BCUT2D eigenvalue weighted by Crippen LogP contribution is 2.47. The predicted octanol–water partition coefficient (Wildman–Crippen LogP) is 5.15. The third-order valence-corrected chi connectivity index (χ3v) is 7.27. The third kappa shape index (κ3) is 4.48. The Morgan fingerprint density at radius 2 is 1.84 bits per heavy atom. The number of β-lactam (4-membered cyclic amide) rings is 1. The summed E-state index contributed by atoms with van der Waals surface area (Å²) in [6, 6.07) is 9.98. The first-order valence-corrected chi connectivity index (χ1v) is 11.7. The number of amides is 1. The van der Waals surface area contributed by atoms with Gasteiger partial charge in [-0.2, -0.15) is 0 Å². The number of esters is 1. The van der Waals surface area contributed by atoms with Gasteiger partial charge in [0.05, 0.1) is 31.7 Å². The minimum atomic E-state index is -1.31. The van der Waals surface area contributed by atoms with E-state index in [0.29, 0.717) is 43.2 Å². The van der Waals surface area contributed by atoms with E-state index in [1.165, 1.54) is 29.7 Å². The number of fused-ring (bicyclic) bond motifs is 1.